The lowest BCUT2D eigenvalue weighted by Crippen LogP contribution is -2.28. The summed E-state index contributed by atoms with van der Waals surface area (Å²) in [5.41, 5.74) is 9.62. The van der Waals surface area contributed by atoms with Crippen molar-refractivity contribution < 1.29 is 4.58 Å². The summed E-state index contributed by atoms with van der Waals surface area (Å²) in [6.07, 6.45) is 15.0. The van der Waals surface area contributed by atoms with Crippen molar-refractivity contribution in [2.75, 3.05) is 18.0 Å². The van der Waals surface area contributed by atoms with Crippen LogP contribution in [0.2, 0.25) is 0 Å². The molecular formula is C37H45N2+. The highest BCUT2D eigenvalue weighted by Gasteiger charge is 2.45. The Bertz CT molecular complexity index is 1510. The molecule has 0 aromatic heterocycles. The Labute approximate surface area is 236 Å². The van der Waals surface area contributed by atoms with Crippen molar-refractivity contribution in [3.8, 4) is 0 Å². The highest BCUT2D eigenvalue weighted by molar-refractivity contribution is 6.07. The molecular weight excluding hydrogens is 472 g/mol. The van der Waals surface area contributed by atoms with Gasteiger partial charge in [-0.1, -0.05) is 87.4 Å². The van der Waals surface area contributed by atoms with Crippen molar-refractivity contribution in [3.05, 3.63) is 107 Å². The van der Waals surface area contributed by atoms with Gasteiger partial charge in [0.25, 0.3) is 0 Å². The molecule has 2 nitrogen and oxygen atoms in total. The van der Waals surface area contributed by atoms with Gasteiger partial charge in [0.15, 0.2) is 5.71 Å². The van der Waals surface area contributed by atoms with Gasteiger partial charge in [0.05, 0.1) is 5.41 Å². The van der Waals surface area contributed by atoms with Crippen LogP contribution in [0.5, 0.6) is 0 Å². The van der Waals surface area contributed by atoms with Crippen LogP contribution in [0.4, 0.5) is 11.4 Å². The first-order valence-electron chi connectivity index (χ1n) is 14.8. The van der Waals surface area contributed by atoms with Gasteiger partial charge in [0.2, 0.25) is 5.69 Å². The van der Waals surface area contributed by atoms with Crippen LogP contribution in [0, 0.1) is 6.92 Å². The summed E-state index contributed by atoms with van der Waals surface area (Å²) in [4.78, 5) is 2.47. The third-order valence-electron chi connectivity index (χ3n) is 8.83. The maximum atomic E-state index is 2.58. The first-order valence-corrected chi connectivity index (χ1v) is 14.8. The fourth-order valence-corrected chi connectivity index (χ4v) is 6.78. The molecule has 2 heterocycles. The summed E-state index contributed by atoms with van der Waals surface area (Å²) in [5, 5.41) is 2.70. The molecule has 0 aliphatic carbocycles. The number of anilines is 1. The van der Waals surface area contributed by atoms with Gasteiger partial charge in [-0.2, -0.15) is 4.58 Å². The number of allylic oxidation sites excluding steroid dienone is 6. The molecule has 2 heteroatoms. The molecule has 0 saturated carbocycles. The predicted molar refractivity (Wildman–Crippen MR) is 170 cm³/mol. The summed E-state index contributed by atoms with van der Waals surface area (Å²) >= 11 is 0. The van der Waals surface area contributed by atoms with E-state index >= 15 is 0 Å². The van der Waals surface area contributed by atoms with Crippen LogP contribution in [0.15, 0.2) is 90.7 Å². The average Bonchev–Trinajstić information content (AvgIpc) is 3.27. The number of unbranched alkanes of at least 4 members (excludes halogenated alkanes) is 2. The largest absolute Gasteiger partial charge is 0.344 e. The lowest BCUT2D eigenvalue weighted by atomic mass is 9.79. The molecule has 2 aliphatic heterocycles. The number of likely N-dealkylation sites (N-methyl/N-ethyl adjacent to an activating group) is 1. The Hall–Kier alpha value is -3.39. The van der Waals surface area contributed by atoms with Crippen molar-refractivity contribution in [1.29, 1.82) is 0 Å². The zero-order chi connectivity index (χ0) is 27.8. The van der Waals surface area contributed by atoms with E-state index in [1.54, 1.807) is 0 Å². The van der Waals surface area contributed by atoms with Crippen LogP contribution in [-0.4, -0.2) is 23.4 Å². The Kier molecular flexibility index (Phi) is 7.42. The van der Waals surface area contributed by atoms with E-state index in [1.807, 2.05) is 0 Å². The van der Waals surface area contributed by atoms with E-state index < -0.39 is 0 Å². The van der Waals surface area contributed by atoms with Crippen molar-refractivity contribution in [2.24, 2.45) is 0 Å². The van der Waals surface area contributed by atoms with Gasteiger partial charge >= 0.3 is 0 Å². The van der Waals surface area contributed by atoms with Crippen LogP contribution < -0.4 is 4.90 Å². The molecule has 2 aliphatic rings. The van der Waals surface area contributed by atoms with Gasteiger partial charge in [0, 0.05) is 47.5 Å². The number of hydrogen-bond donors (Lipinski definition) is 0. The van der Waals surface area contributed by atoms with Crippen LogP contribution >= 0.6 is 0 Å². The van der Waals surface area contributed by atoms with Crippen LogP contribution in [0.1, 0.15) is 77.5 Å². The van der Waals surface area contributed by atoms with Crippen molar-refractivity contribution in [2.45, 2.75) is 78.6 Å². The summed E-state index contributed by atoms with van der Waals surface area (Å²) in [7, 11) is 0. The van der Waals surface area contributed by atoms with E-state index in [2.05, 4.69) is 143 Å². The number of benzene rings is 3. The van der Waals surface area contributed by atoms with Crippen molar-refractivity contribution in [1.82, 2.24) is 0 Å². The number of hydrogen-bond acceptors (Lipinski definition) is 1. The lowest BCUT2D eigenvalue weighted by molar-refractivity contribution is -0.438. The van der Waals surface area contributed by atoms with Gasteiger partial charge in [-0.05, 0) is 68.7 Å². The first-order chi connectivity index (χ1) is 18.7. The minimum absolute atomic E-state index is 0.00755. The molecule has 3 aromatic rings. The van der Waals surface area contributed by atoms with Gasteiger partial charge < -0.3 is 4.90 Å². The third-order valence-corrected chi connectivity index (χ3v) is 8.83. The second kappa shape index (κ2) is 10.6. The molecule has 0 atom stereocenters. The monoisotopic (exact) mass is 517 g/mol. The molecule has 0 N–H and O–H groups in total. The van der Waals surface area contributed by atoms with Gasteiger partial charge in [-0.15, -0.1) is 0 Å². The SMILES string of the molecule is CCCCC[N+]1=C(/C=C/C=C/C=C2/N(CC)c3ccc(C)cc3C2(C)C)C(C)(C)c2c1ccc1ccccc21. The fraction of sp³-hybridized carbons (Fsp3) is 0.378. The van der Waals surface area contributed by atoms with Crippen LogP contribution in [-0.2, 0) is 10.8 Å². The van der Waals surface area contributed by atoms with E-state index in [0.29, 0.717) is 0 Å². The second-order valence-electron chi connectivity index (χ2n) is 12.2. The Morgan fingerprint density at radius 2 is 1.64 bits per heavy atom. The highest BCUT2D eigenvalue weighted by atomic mass is 15.2. The van der Waals surface area contributed by atoms with Gasteiger partial charge in [-0.25, -0.2) is 0 Å². The standard InChI is InChI=1S/C37H45N2/c1-8-10-16-25-39-32-24-22-28-17-14-15-18-29(28)35(32)37(6,7)34(39)20-13-11-12-19-33-36(4,5)30-26-27(3)21-23-31(30)38(33)9-2/h11-15,17-24,26H,8-10,16,25H2,1-7H3/q+1. The second-order valence-corrected chi connectivity index (χ2v) is 12.2. The van der Waals surface area contributed by atoms with Crippen molar-refractivity contribution in [3.63, 3.8) is 0 Å². The third kappa shape index (κ3) is 4.69. The summed E-state index contributed by atoms with van der Waals surface area (Å²) in [5.74, 6) is 0. The molecule has 5 rings (SSSR count). The maximum absolute atomic E-state index is 2.58. The predicted octanol–water partition coefficient (Wildman–Crippen LogP) is 9.53. The molecule has 0 unspecified atom stereocenters. The number of nitrogens with zero attached hydrogens (tertiary/aromatic N) is 2. The molecule has 0 bridgehead atoms. The topological polar surface area (TPSA) is 6.25 Å². The minimum atomic E-state index is -0.0584. The molecule has 0 spiro atoms. The zero-order valence-corrected chi connectivity index (χ0v) is 25.0. The zero-order valence-electron chi connectivity index (χ0n) is 25.0. The van der Waals surface area contributed by atoms with Gasteiger partial charge in [0.1, 0.15) is 6.54 Å². The quantitative estimate of drug-likeness (QED) is 0.164. The molecule has 0 radical (unpaired) electrons. The van der Waals surface area contributed by atoms with E-state index in [4.69, 9.17) is 0 Å². The van der Waals surface area contributed by atoms with E-state index in [9.17, 15) is 0 Å². The molecule has 3 aromatic carbocycles. The molecule has 0 fully saturated rings. The average molecular weight is 518 g/mol. The van der Waals surface area contributed by atoms with Gasteiger partial charge in [-0.3, -0.25) is 0 Å². The van der Waals surface area contributed by atoms with E-state index in [0.717, 1.165) is 13.1 Å². The lowest BCUT2D eigenvalue weighted by Gasteiger charge is -2.25. The molecule has 202 valence electrons. The van der Waals surface area contributed by atoms with Crippen LogP contribution in [0.25, 0.3) is 10.8 Å². The molecule has 0 saturated heterocycles. The summed E-state index contributed by atoms with van der Waals surface area (Å²) < 4.78 is 2.58. The highest BCUT2D eigenvalue weighted by Crippen LogP contribution is 2.48. The summed E-state index contributed by atoms with van der Waals surface area (Å²) in [6, 6.07) is 20.3. The summed E-state index contributed by atoms with van der Waals surface area (Å²) in [6.45, 7) is 18.2. The van der Waals surface area contributed by atoms with Crippen LogP contribution in [0.3, 0.4) is 0 Å². The number of aryl methyl sites for hydroxylation is 1. The maximum Gasteiger partial charge on any atom is 0.210 e. The fourth-order valence-electron chi connectivity index (χ4n) is 6.78. The normalized spacial score (nSPS) is 18.7. The molecule has 0 amide bonds. The van der Waals surface area contributed by atoms with E-state index in [1.165, 1.54) is 69.5 Å². The first kappa shape index (κ1) is 27.2. The Morgan fingerprint density at radius 1 is 0.846 bits per heavy atom. The van der Waals surface area contributed by atoms with Crippen molar-refractivity contribution >= 4 is 27.9 Å². The van der Waals surface area contributed by atoms with E-state index in [-0.39, 0.29) is 10.8 Å². The smallest absolute Gasteiger partial charge is 0.210 e. The molecule has 39 heavy (non-hydrogen) atoms. The number of rotatable bonds is 8. The minimum Gasteiger partial charge on any atom is -0.344 e. The number of fused-ring (bicyclic) bond motifs is 4. The Morgan fingerprint density at radius 3 is 2.41 bits per heavy atom. The Balaban J connectivity index is 1.47.